The number of rotatable bonds is 4. The number of nitrogens with zero attached hydrogens (tertiary/aromatic N) is 1. The predicted octanol–water partition coefficient (Wildman–Crippen LogP) is 3.03. The van der Waals surface area contributed by atoms with Gasteiger partial charge >= 0.3 is 0 Å². The largest absolute Gasteiger partial charge is 0.352 e. The zero-order valence-corrected chi connectivity index (χ0v) is 16.9. The summed E-state index contributed by atoms with van der Waals surface area (Å²) in [5.41, 5.74) is 1.96. The highest BCUT2D eigenvalue weighted by atomic mass is 32.2. The Hall–Kier alpha value is -2.22. The van der Waals surface area contributed by atoms with Crippen molar-refractivity contribution < 1.29 is 22.1 Å². The van der Waals surface area contributed by atoms with E-state index in [1.165, 1.54) is 0 Å². The Labute approximate surface area is 170 Å². The molecule has 1 aliphatic carbocycles. The van der Waals surface area contributed by atoms with E-state index in [0.29, 0.717) is 19.4 Å². The monoisotopic (exact) mass is 413 g/mol. The van der Waals surface area contributed by atoms with Gasteiger partial charge in [0.15, 0.2) is 6.23 Å². The second-order valence-corrected chi connectivity index (χ2v) is 9.71. The molecule has 152 valence electrons. The molecule has 5 atom stereocenters. The highest BCUT2D eigenvalue weighted by Crippen LogP contribution is 2.50. The molecule has 2 saturated heterocycles. The van der Waals surface area contributed by atoms with E-state index < -0.39 is 16.2 Å². The topological polar surface area (TPSA) is 72.9 Å². The molecule has 3 fully saturated rings. The van der Waals surface area contributed by atoms with Crippen LogP contribution >= 0.6 is 0 Å². The summed E-state index contributed by atoms with van der Waals surface area (Å²) >= 11 is 0. The van der Waals surface area contributed by atoms with E-state index >= 15 is 0 Å². The Bertz CT molecular complexity index is 1020. The summed E-state index contributed by atoms with van der Waals surface area (Å²) in [4.78, 5) is 15.1. The summed E-state index contributed by atoms with van der Waals surface area (Å²) in [7, 11) is -3.84. The molecular weight excluding hydrogens is 390 g/mol. The maximum absolute atomic E-state index is 13.1. The Morgan fingerprint density at radius 1 is 1.03 bits per heavy atom. The highest BCUT2D eigenvalue weighted by molar-refractivity contribution is 7.86. The lowest BCUT2D eigenvalue weighted by atomic mass is 9.94. The van der Waals surface area contributed by atoms with Crippen molar-refractivity contribution in [3.8, 4) is 0 Å². The van der Waals surface area contributed by atoms with Gasteiger partial charge < -0.3 is 9.64 Å². The lowest BCUT2D eigenvalue weighted by Gasteiger charge is -2.25. The number of benzene rings is 2. The van der Waals surface area contributed by atoms with Gasteiger partial charge in [0.2, 0.25) is 5.91 Å². The van der Waals surface area contributed by atoms with Crippen molar-refractivity contribution in [2.75, 3.05) is 6.61 Å². The van der Waals surface area contributed by atoms with Crippen LogP contribution in [0.4, 0.5) is 0 Å². The third-order valence-electron chi connectivity index (χ3n) is 6.33. The van der Waals surface area contributed by atoms with Crippen molar-refractivity contribution in [1.82, 2.24) is 4.90 Å². The third-order valence-corrected chi connectivity index (χ3v) is 7.70. The summed E-state index contributed by atoms with van der Waals surface area (Å²) in [6.45, 7) is 2.38. The van der Waals surface area contributed by atoms with Gasteiger partial charge in [-0.05, 0) is 37.8 Å². The average Bonchev–Trinajstić information content (AvgIpc) is 3.37. The quantitative estimate of drug-likeness (QED) is 0.721. The predicted molar refractivity (Wildman–Crippen MR) is 105 cm³/mol. The van der Waals surface area contributed by atoms with E-state index in [9.17, 15) is 13.2 Å². The number of aryl methyl sites for hydroxylation is 1. The Morgan fingerprint density at radius 3 is 2.48 bits per heavy atom. The molecule has 2 heterocycles. The number of fused-ring (bicyclic) bond motifs is 3. The smallest absolute Gasteiger partial charge is 0.297 e. The number of ether oxygens (including phenoxy) is 1. The van der Waals surface area contributed by atoms with E-state index in [2.05, 4.69) is 0 Å². The van der Waals surface area contributed by atoms with Crippen LogP contribution in [0.3, 0.4) is 0 Å². The molecule has 1 amide bonds. The standard InChI is InChI=1S/C22H23NO5S/c1-14-7-9-17(10-8-14)29(25,26)28-16-11-18-19(12-16)21(24)23-20(18)13-27-22(23)15-5-3-2-4-6-15/h2-10,16,18-20,22H,11-13H2,1H3/t16?,18-,19?,20?,22?/m0/s1. The Morgan fingerprint density at radius 2 is 1.76 bits per heavy atom. The molecule has 0 spiro atoms. The fourth-order valence-corrected chi connectivity index (χ4v) is 6.04. The molecule has 5 rings (SSSR count). The van der Waals surface area contributed by atoms with E-state index in [1.807, 2.05) is 42.2 Å². The van der Waals surface area contributed by atoms with Crippen LogP contribution in [0.2, 0.25) is 0 Å². The van der Waals surface area contributed by atoms with Gasteiger partial charge in [-0.1, -0.05) is 48.0 Å². The average molecular weight is 413 g/mol. The molecule has 6 nitrogen and oxygen atoms in total. The van der Waals surface area contributed by atoms with Gasteiger partial charge in [0.05, 0.1) is 23.6 Å². The normalized spacial score (nSPS) is 31.1. The van der Waals surface area contributed by atoms with Crippen molar-refractivity contribution in [2.45, 2.75) is 43.0 Å². The van der Waals surface area contributed by atoms with Crippen LogP contribution in [0, 0.1) is 18.8 Å². The Balaban J connectivity index is 1.31. The first kappa shape index (κ1) is 18.8. The first-order valence-electron chi connectivity index (χ1n) is 9.93. The fraction of sp³-hybridized carbons (Fsp3) is 0.409. The van der Waals surface area contributed by atoms with E-state index in [1.54, 1.807) is 24.3 Å². The molecule has 1 saturated carbocycles. The lowest BCUT2D eigenvalue weighted by molar-refractivity contribution is -0.137. The molecule has 2 aliphatic heterocycles. The van der Waals surface area contributed by atoms with Crippen molar-refractivity contribution >= 4 is 16.0 Å². The number of hydrogen-bond acceptors (Lipinski definition) is 5. The number of hydrogen-bond donors (Lipinski definition) is 0. The molecule has 29 heavy (non-hydrogen) atoms. The number of carbonyl (C=O) groups is 1. The van der Waals surface area contributed by atoms with Gasteiger partial charge in [0.25, 0.3) is 10.1 Å². The van der Waals surface area contributed by atoms with Crippen LogP contribution in [-0.2, 0) is 23.8 Å². The summed E-state index contributed by atoms with van der Waals surface area (Å²) in [6.07, 6.45) is 0.157. The van der Waals surface area contributed by atoms with Gasteiger partial charge in [-0.25, -0.2) is 0 Å². The van der Waals surface area contributed by atoms with Crippen LogP contribution in [0.1, 0.15) is 30.2 Å². The minimum atomic E-state index is -3.84. The summed E-state index contributed by atoms with van der Waals surface area (Å²) in [5, 5.41) is 0. The molecular formula is C22H23NO5S. The maximum atomic E-state index is 13.1. The Kier molecular flexibility index (Phi) is 4.49. The van der Waals surface area contributed by atoms with Crippen molar-refractivity contribution in [1.29, 1.82) is 0 Å². The first-order chi connectivity index (χ1) is 13.9. The molecule has 7 heteroatoms. The SMILES string of the molecule is Cc1ccc(S(=O)(=O)OC2CC3C(=O)N4C(c5ccccc5)OCC4[C@H]3C2)cc1. The minimum absolute atomic E-state index is 0.0200. The summed E-state index contributed by atoms with van der Waals surface area (Å²) < 4.78 is 36.7. The molecule has 0 radical (unpaired) electrons. The second-order valence-electron chi connectivity index (χ2n) is 8.14. The zero-order valence-electron chi connectivity index (χ0n) is 16.1. The zero-order chi connectivity index (χ0) is 20.2. The van der Waals surface area contributed by atoms with E-state index in [0.717, 1.165) is 11.1 Å². The van der Waals surface area contributed by atoms with Gasteiger partial charge in [0, 0.05) is 11.5 Å². The molecule has 2 aromatic carbocycles. The third kappa shape index (κ3) is 3.17. The van der Waals surface area contributed by atoms with Crippen molar-refractivity contribution in [3.63, 3.8) is 0 Å². The summed E-state index contributed by atoms with van der Waals surface area (Å²) in [6, 6.07) is 16.3. The van der Waals surface area contributed by atoms with Gasteiger partial charge in [0.1, 0.15) is 0 Å². The molecule has 0 aromatic heterocycles. The molecule has 0 N–H and O–H groups in total. The molecule has 2 aromatic rings. The van der Waals surface area contributed by atoms with Crippen LogP contribution in [0.25, 0.3) is 0 Å². The number of amides is 1. The number of carbonyl (C=O) groups excluding carboxylic acids is 1. The maximum Gasteiger partial charge on any atom is 0.297 e. The lowest BCUT2D eigenvalue weighted by Crippen LogP contribution is -2.34. The summed E-state index contributed by atoms with van der Waals surface area (Å²) in [5.74, 6) is -0.0899. The van der Waals surface area contributed by atoms with E-state index in [4.69, 9.17) is 8.92 Å². The first-order valence-corrected chi connectivity index (χ1v) is 11.3. The molecule has 4 unspecified atom stereocenters. The van der Waals surface area contributed by atoms with Crippen LogP contribution < -0.4 is 0 Å². The van der Waals surface area contributed by atoms with Crippen molar-refractivity contribution in [2.24, 2.45) is 11.8 Å². The van der Waals surface area contributed by atoms with Gasteiger partial charge in [-0.3, -0.25) is 8.98 Å². The second kappa shape index (κ2) is 6.93. The van der Waals surface area contributed by atoms with E-state index in [-0.39, 0.29) is 34.9 Å². The van der Waals surface area contributed by atoms with Gasteiger partial charge in [-0.15, -0.1) is 0 Å². The van der Waals surface area contributed by atoms with Crippen LogP contribution in [0.5, 0.6) is 0 Å². The van der Waals surface area contributed by atoms with Gasteiger partial charge in [-0.2, -0.15) is 8.42 Å². The van der Waals surface area contributed by atoms with Crippen LogP contribution in [-0.4, -0.2) is 38.0 Å². The highest BCUT2D eigenvalue weighted by Gasteiger charge is 2.58. The fourth-order valence-electron chi connectivity index (χ4n) is 4.95. The molecule has 3 aliphatic rings. The molecule has 0 bridgehead atoms. The minimum Gasteiger partial charge on any atom is -0.352 e. The van der Waals surface area contributed by atoms with Crippen molar-refractivity contribution in [3.05, 3.63) is 65.7 Å². The van der Waals surface area contributed by atoms with Crippen LogP contribution in [0.15, 0.2) is 59.5 Å².